The van der Waals surface area contributed by atoms with Crippen LogP contribution in [0.2, 0.25) is 0 Å². The average molecular weight is 184 g/mol. The van der Waals surface area contributed by atoms with Crippen molar-refractivity contribution in [3.63, 3.8) is 0 Å². The normalized spacial score (nSPS) is 11.1. The Bertz CT molecular complexity index is 184. The minimum absolute atomic E-state index is 0.0100. The zero-order valence-electron chi connectivity index (χ0n) is 9.26. The molecule has 2 nitrogen and oxygen atoms in total. The summed E-state index contributed by atoms with van der Waals surface area (Å²) in [7, 11) is 0. The van der Waals surface area contributed by atoms with Crippen molar-refractivity contribution in [2.24, 2.45) is 11.8 Å². The summed E-state index contributed by atoms with van der Waals surface area (Å²) in [5.41, 5.74) is 0.464. The van der Waals surface area contributed by atoms with Crippen LogP contribution in [0.25, 0.3) is 0 Å². The van der Waals surface area contributed by atoms with Gasteiger partial charge in [-0.1, -0.05) is 34.3 Å². The summed E-state index contributed by atoms with van der Waals surface area (Å²) in [6, 6.07) is 0. The van der Waals surface area contributed by atoms with E-state index in [1.165, 1.54) is 0 Å². The van der Waals surface area contributed by atoms with E-state index in [-0.39, 0.29) is 12.1 Å². The number of carbonyl (C=O) groups excluding carboxylic acids is 1. The van der Waals surface area contributed by atoms with Gasteiger partial charge in [-0.05, 0) is 18.8 Å². The van der Waals surface area contributed by atoms with Crippen molar-refractivity contribution < 1.29 is 9.53 Å². The van der Waals surface area contributed by atoms with Gasteiger partial charge in [0.2, 0.25) is 0 Å². The van der Waals surface area contributed by atoms with E-state index in [0.29, 0.717) is 17.4 Å². The zero-order valence-corrected chi connectivity index (χ0v) is 9.26. The molecular formula is C11H20O2. The summed E-state index contributed by atoms with van der Waals surface area (Å²) in [5, 5.41) is 0. The van der Waals surface area contributed by atoms with Crippen LogP contribution in [0.15, 0.2) is 12.2 Å². The maximum absolute atomic E-state index is 11.2. The molecule has 0 aromatic rings. The molecule has 0 bridgehead atoms. The third-order valence-corrected chi connectivity index (χ3v) is 1.91. The Morgan fingerprint density at radius 2 is 1.54 bits per heavy atom. The average Bonchev–Trinajstić information content (AvgIpc) is 1.97. The molecule has 0 saturated carbocycles. The fourth-order valence-electron chi connectivity index (χ4n) is 1.27. The van der Waals surface area contributed by atoms with E-state index >= 15 is 0 Å². The maximum Gasteiger partial charge on any atom is 0.333 e. The lowest BCUT2D eigenvalue weighted by Crippen LogP contribution is -2.28. The SMILES string of the molecule is C=C(C)C(=O)OC(C(C)C)C(C)C. The van der Waals surface area contributed by atoms with Crippen LogP contribution >= 0.6 is 0 Å². The first-order valence-corrected chi connectivity index (χ1v) is 4.72. The molecule has 0 N–H and O–H groups in total. The van der Waals surface area contributed by atoms with Gasteiger partial charge in [-0.25, -0.2) is 4.79 Å². The quantitative estimate of drug-likeness (QED) is 0.496. The molecule has 0 saturated heterocycles. The molecule has 0 atom stereocenters. The van der Waals surface area contributed by atoms with E-state index in [2.05, 4.69) is 34.3 Å². The van der Waals surface area contributed by atoms with Crippen LogP contribution in [-0.2, 0) is 9.53 Å². The van der Waals surface area contributed by atoms with E-state index in [0.717, 1.165) is 0 Å². The molecule has 0 radical (unpaired) electrons. The second-order valence-electron chi connectivity index (χ2n) is 4.14. The number of ether oxygens (including phenoxy) is 1. The zero-order chi connectivity index (χ0) is 10.6. The van der Waals surface area contributed by atoms with Crippen molar-refractivity contribution in [1.82, 2.24) is 0 Å². The monoisotopic (exact) mass is 184 g/mol. The third kappa shape index (κ3) is 4.11. The number of hydrogen-bond donors (Lipinski definition) is 0. The topological polar surface area (TPSA) is 26.3 Å². The van der Waals surface area contributed by atoms with Gasteiger partial charge in [-0.3, -0.25) is 0 Å². The molecule has 0 aliphatic carbocycles. The summed E-state index contributed by atoms with van der Waals surface area (Å²) in [6.45, 7) is 13.4. The maximum atomic E-state index is 11.2. The van der Waals surface area contributed by atoms with Gasteiger partial charge in [0.05, 0.1) is 0 Å². The van der Waals surface area contributed by atoms with Gasteiger partial charge in [-0.15, -0.1) is 0 Å². The molecule has 0 aromatic heterocycles. The highest BCUT2D eigenvalue weighted by molar-refractivity contribution is 5.87. The molecule has 2 heteroatoms. The molecule has 0 heterocycles. The Morgan fingerprint density at radius 1 is 1.15 bits per heavy atom. The van der Waals surface area contributed by atoms with E-state index in [1.807, 2.05) is 0 Å². The third-order valence-electron chi connectivity index (χ3n) is 1.91. The number of hydrogen-bond acceptors (Lipinski definition) is 2. The van der Waals surface area contributed by atoms with Gasteiger partial charge >= 0.3 is 5.97 Å². The molecule has 13 heavy (non-hydrogen) atoms. The van der Waals surface area contributed by atoms with E-state index in [9.17, 15) is 4.79 Å². The molecule has 0 aliphatic rings. The molecule has 0 rings (SSSR count). The smallest absolute Gasteiger partial charge is 0.333 e. The van der Waals surface area contributed by atoms with Gasteiger partial charge in [0.15, 0.2) is 0 Å². The number of rotatable bonds is 4. The van der Waals surface area contributed by atoms with Crippen LogP contribution < -0.4 is 0 Å². The fraction of sp³-hybridized carbons (Fsp3) is 0.727. The lowest BCUT2D eigenvalue weighted by molar-refractivity contribution is -0.149. The van der Waals surface area contributed by atoms with Crippen LogP contribution in [0.5, 0.6) is 0 Å². The first-order chi connectivity index (χ1) is 5.86. The first-order valence-electron chi connectivity index (χ1n) is 4.72. The van der Waals surface area contributed by atoms with Crippen LogP contribution in [0.4, 0.5) is 0 Å². The van der Waals surface area contributed by atoms with Crippen molar-refractivity contribution in [1.29, 1.82) is 0 Å². The minimum atomic E-state index is -0.285. The minimum Gasteiger partial charge on any atom is -0.458 e. The van der Waals surface area contributed by atoms with Crippen molar-refractivity contribution in [2.75, 3.05) is 0 Å². The van der Waals surface area contributed by atoms with Gasteiger partial charge in [0, 0.05) is 5.57 Å². The molecule has 0 spiro atoms. The summed E-state index contributed by atoms with van der Waals surface area (Å²) < 4.78 is 5.30. The molecular weight excluding hydrogens is 164 g/mol. The van der Waals surface area contributed by atoms with Gasteiger partial charge in [0.1, 0.15) is 6.10 Å². The van der Waals surface area contributed by atoms with E-state index < -0.39 is 0 Å². The summed E-state index contributed by atoms with van der Waals surface area (Å²) in [4.78, 5) is 11.2. The highest BCUT2D eigenvalue weighted by Crippen LogP contribution is 2.17. The second-order valence-corrected chi connectivity index (χ2v) is 4.14. The van der Waals surface area contributed by atoms with Gasteiger partial charge < -0.3 is 4.74 Å². The van der Waals surface area contributed by atoms with Crippen LogP contribution in [0.1, 0.15) is 34.6 Å². The fourth-order valence-corrected chi connectivity index (χ4v) is 1.27. The van der Waals surface area contributed by atoms with Crippen molar-refractivity contribution in [2.45, 2.75) is 40.7 Å². The van der Waals surface area contributed by atoms with Crippen molar-refractivity contribution >= 4 is 5.97 Å². The summed E-state index contributed by atoms with van der Waals surface area (Å²) in [5.74, 6) is 0.416. The predicted octanol–water partition coefficient (Wildman–Crippen LogP) is 2.79. The Kier molecular flexibility index (Phi) is 4.74. The summed E-state index contributed by atoms with van der Waals surface area (Å²) >= 11 is 0. The highest BCUT2D eigenvalue weighted by Gasteiger charge is 2.21. The van der Waals surface area contributed by atoms with E-state index in [1.54, 1.807) is 6.92 Å². The molecule has 0 fully saturated rings. The molecule has 0 unspecified atom stereocenters. The lowest BCUT2D eigenvalue weighted by atomic mass is 9.96. The standard InChI is InChI=1S/C11H20O2/c1-7(2)10(8(3)4)13-11(12)9(5)6/h7-8,10H,5H2,1-4,6H3. The Hall–Kier alpha value is -0.790. The Balaban J connectivity index is 4.27. The predicted molar refractivity (Wildman–Crippen MR) is 54.4 cm³/mol. The Labute approximate surface area is 81.0 Å². The molecule has 0 amide bonds. The highest BCUT2D eigenvalue weighted by atomic mass is 16.5. The van der Waals surface area contributed by atoms with Crippen molar-refractivity contribution in [3.05, 3.63) is 12.2 Å². The van der Waals surface area contributed by atoms with Crippen molar-refractivity contribution in [3.8, 4) is 0 Å². The number of esters is 1. The second kappa shape index (κ2) is 5.05. The first kappa shape index (κ1) is 12.2. The lowest BCUT2D eigenvalue weighted by Gasteiger charge is -2.24. The number of carbonyl (C=O) groups is 1. The van der Waals surface area contributed by atoms with Gasteiger partial charge in [0.25, 0.3) is 0 Å². The van der Waals surface area contributed by atoms with E-state index in [4.69, 9.17) is 4.74 Å². The largest absolute Gasteiger partial charge is 0.458 e. The van der Waals surface area contributed by atoms with Crippen LogP contribution in [-0.4, -0.2) is 12.1 Å². The van der Waals surface area contributed by atoms with Crippen LogP contribution in [0.3, 0.4) is 0 Å². The molecule has 76 valence electrons. The van der Waals surface area contributed by atoms with Crippen LogP contribution in [0, 0.1) is 11.8 Å². The molecule has 0 aromatic carbocycles. The van der Waals surface area contributed by atoms with Gasteiger partial charge in [-0.2, -0.15) is 0 Å². The molecule has 0 aliphatic heterocycles. The Morgan fingerprint density at radius 3 is 1.77 bits per heavy atom. The summed E-state index contributed by atoms with van der Waals surface area (Å²) in [6.07, 6.45) is -0.0100.